The van der Waals surface area contributed by atoms with Crippen LogP contribution < -0.4 is 0 Å². The summed E-state index contributed by atoms with van der Waals surface area (Å²) >= 11 is 0. The van der Waals surface area contributed by atoms with Crippen LogP contribution in [-0.4, -0.2) is 5.11 Å². The molecule has 0 fully saturated rings. The highest BCUT2D eigenvalue weighted by Gasteiger charge is 2.16. The lowest BCUT2D eigenvalue weighted by atomic mass is 9.85. The van der Waals surface area contributed by atoms with E-state index in [1.807, 2.05) is 30.3 Å². The van der Waals surface area contributed by atoms with Crippen LogP contribution in [0.5, 0.6) is 5.75 Å². The fraction of sp³-hybridized carbons (Fsp3) is 0. The van der Waals surface area contributed by atoms with E-state index in [-0.39, 0.29) is 5.75 Å². The van der Waals surface area contributed by atoms with Crippen molar-refractivity contribution >= 4 is 11.1 Å². The van der Waals surface area contributed by atoms with Gasteiger partial charge in [-0.15, -0.1) is 0 Å². The lowest BCUT2D eigenvalue weighted by molar-refractivity contribution is 0.473. The van der Waals surface area contributed by atoms with Gasteiger partial charge in [-0.25, -0.2) is 0 Å². The lowest BCUT2D eigenvalue weighted by Crippen LogP contribution is -1.97. The van der Waals surface area contributed by atoms with Crippen LogP contribution in [-0.2, 0) is 0 Å². The molecule has 0 aliphatic heterocycles. The fourth-order valence-electron chi connectivity index (χ4n) is 3.47. The molecule has 1 N–H and O–H groups in total. The van der Waals surface area contributed by atoms with E-state index in [2.05, 4.69) is 79.7 Å². The Bertz CT molecular complexity index is 1050. The molecule has 0 unspecified atom stereocenters. The monoisotopic (exact) mass is 361 g/mol. The number of hydrogen-bond donors (Lipinski definition) is 1. The number of aromatic hydroxyl groups is 1. The van der Waals surface area contributed by atoms with Gasteiger partial charge in [-0.1, -0.05) is 97.1 Å². The van der Waals surface area contributed by atoms with E-state index in [0.717, 1.165) is 33.4 Å². The van der Waals surface area contributed by atoms with Crippen molar-refractivity contribution in [1.82, 2.24) is 0 Å². The first-order chi connectivity index (χ1) is 13.7. The summed E-state index contributed by atoms with van der Waals surface area (Å²) in [7, 11) is 0. The first-order valence-corrected chi connectivity index (χ1v) is 9.30. The minimum atomic E-state index is 0.206. The molecular weight excluding hydrogens is 340 g/mol. The zero-order chi connectivity index (χ0) is 19.3. The van der Waals surface area contributed by atoms with E-state index in [1.165, 1.54) is 0 Å². The van der Waals surface area contributed by atoms with E-state index >= 15 is 0 Å². The molecule has 28 heavy (non-hydrogen) atoms. The van der Waals surface area contributed by atoms with Crippen molar-refractivity contribution in [2.75, 3.05) is 0 Å². The number of benzene rings is 4. The van der Waals surface area contributed by atoms with Crippen molar-refractivity contribution in [2.24, 2.45) is 0 Å². The normalized spacial score (nSPS) is 10.5. The van der Waals surface area contributed by atoms with Gasteiger partial charge in [-0.2, -0.15) is 0 Å². The Kier molecular flexibility index (Phi) is 5.07. The second-order valence-corrected chi connectivity index (χ2v) is 6.69. The molecule has 1 radical (unpaired) electrons. The molecule has 0 saturated carbocycles. The van der Waals surface area contributed by atoms with Crippen LogP contribution >= 0.6 is 0 Å². The Morgan fingerprint density at radius 1 is 0.500 bits per heavy atom. The highest BCUT2D eigenvalue weighted by atomic mass is 16.3. The maximum Gasteiger partial charge on any atom is 0.118 e. The Morgan fingerprint density at radius 3 is 1.29 bits per heavy atom. The summed E-state index contributed by atoms with van der Waals surface area (Å²) in [5.41, 5.74) is 7.32. The van der Waals surface area contributed by atoms with Gasteiger partial charge in [0.05, 0.1) is 0 Å². The zero-order valence-electron chi connectivity index (χ0n) is 15.5. The molecule has 0 aromatic heterocycles. The second kappa shape index (κ2) is 7.98. The molecule has 0 atom stereocenters. The van der Waals surface area contributed by atoms with Gasteiger partial charge in [0.15, 0.2) is 0 Å². The molecule has 4 aromatic rings. The molecule has 0 saturated heterocycles. The summed E-state index contributed by atoms with van der Waals surface area (Å²) in [5.74, 6) is 0.206. The van der Waals surface area contributed by atoms with E-state index in [4.69, 9.17) is 0 Å². The van der Waals surface area contributed by atoms with Gasteiger partial charge in [0.1, 0.15) is 5.75 Å². The standard InChI is InChI=1S/C27H21O/c1-20-19-24(17-18-25(20)28)27(23-15-9-4-10-16-23)26(21-11-5-2-6-12-21)22-13-7-3-8-14-22/h2-19,28H,1H2. The van der Waals surface area contributed by atoms with Gasteiger partial charge in [-0.05, 0) is 58.0 Å². The Morgan fingerprint density at radius 2 is 0.893 bits per heavy atom. The number of phenols is 1. The molecule has 0 heterocycles. The summed E-state index contributed by atoms with van der Waals surface area (Å²) in [6, 6.07) is 36.8. The Labute approximate surface area is 166 Å². The third-order valence-electron chi connectivity index (χ3n) is 4.81. The summed E-state index contributed by atoms with van der Waals surface area (Å²) < 4.78 is 0. The van der Waals surface area contributed by atoms with E-state index < -0.39 is 0 Å². The summed E-state index contributed by atoms with van der Waals surface area (Å²) in [6.07, 6.45) is 0. The summed E-state index contributed by atoms with van der Waals surface area (Å²) in [5, 5.41) is 9.99. The average molecular weight is 361 g/mol. The molecule has 0 bridgehead atoms. The van der Waals surface area contributed by atoms with E-state index in [9.17, 15) is 5.11 Å². The van der Waals surface area contributed by atoms with Crippen LogP contribution in [0, 0.1) is 6.92 Å². The van der Waals surface area contributed by atoms with Crippen LogP contribution in [0.2, 0.25) is 0 Å². The number of hydrogen-bond acceptors (Lipinski definition) is 1. The van der Waals surface area contributed by atoms with Crippen molar-refractivity contribution in [3.8, 4) is 5.75 Å². The van der Waals surface area contributed by atoms with Crippen LogP contribution in [0.1, 0.15) is 27.8 Å². The summed E-state index contributed by atoms with van der Waals surface area (Å²) in [6.45, 7) is 3.99. The topological polar surface area (TPSA) is 20.2 Å². The molecule has 0 spiro atoms. The molecule has 1 nitrogen and oxygen atoms in total. The van der Waals surface area contributed by atoms with E-state index in [0.29, 0.717) is 5.56 Å². The largest absolute Gasteiger partial charge is 0.508 e. The maximum atomic E-state index is 9.99. The minimum absolute atomic E-state index is 0.206. The molecular formula is C27H21O. The molecule has 0 aliphatic carbocycles. The SMILES string of the molecule is [CH2]c1cc(C(=C(c2ccccc2)c2ccccc2)c2ccccc2)ccc1O. The molecule has 0 amide bonds. The maximum absolute atomic E-state index is 9.99. The van der Waals surface area contributed by atoms with Crippen LogP contribution in [0.25, 0.3) is 11.1 Å². The fourth-order valence-corrected chi connectivity index (χ4v) is 3.47. The van der Waals surface area contributed by atoms with Crippen LogP contribution in [0.3, 0.4) is 0 Å². The van der Waals surface area contributed by atoms with Crippen molar-refractivity contribution in [2.45, 2.75) is 0 Å². The Balaban J connectivity index is 2.10. The first kappa shape index (κ1) is 17.8. The van der Waals surface area contributed by atoms with Crippen molar-refractivity contribution in [3.05, 3.63) is 144 Å². The third kappa shape index (κ3) is 3.60. The van der Waals surface area contributed by atoms with E-state index in [1.54, 1.807) is 6.07 Å². The van der Waals surface area contributed by atoms with Gasteiger partial charge in [0.25, 0.3) is 0 Å². The van der Waals surface area contributed by atoms with Gasteiger partial charge >= 0.3 is 0 Å². The zero-order valence-corrected chi connectivity index (χ0v) is 15.5. The molecule has 0 aliphatic rings. The molecule has 1 heteroatoms. The van der Waals surface area contributed by atoms with Gasteiger partial charge in [0, 0.05) is 0 Å². The van der Waals surface area contributed by atoms with Crippen molar-refractivity contribution in [3.63, 3.8) is 0 Å². The van der Waals surface area contributed by atoms with Crippen LogP contribution in [0.15, 0.2) is 109 Å². The number of rotatable bonds is 4. The van der Waals surface area contributed by atoms with Crippen molar-refractivity contribution in [1.29, 1.82) is 0 Å². The van der Waals surface area contributed by atoms with Gasteiger partial charge in [-0.3, -0.25) is 0 Å². The minimum Gasteiger partial charge on any atom is -0.508 e. The highest BCUT2D eigenvalue weighted by Crippen LogP contribution is 2.37. The van der Waals surface area contributed by atoms with Crippen LogP contribution in [0.4, 0.5) is 0 Å². The number of phenolic OH excluding ortho intramolecular Hbond substituents is 1. The highest BCUT2D eigenvalue weighted by molar-refractivity contribution is 6.04. The molecule has 4 aromatic carbocycles. The average Bonchev–Trinajstić information content (AvgIpc) is 2.76. The van der Waals surface area contributed by atoms with Crippen molar-refractivity contribution < 1.29 is 5.11 Å². The molecule has 4 rings (SSSR count). The predicted octanol–water partition coefficient (Wildman–Crippen LogP) is 6.58. The second-order valence-electron chi connectivity index (χ2n) is 6.69. The Hall–Kier alpha value is -3.58. The first-order valence-electron chi connectivity index (χ1n) is 9.30. The predicted molar refractivity (Wildman–Crippen MR) is 117 cm³/mol. The summed E-state index contributed by atoms with van der Waals surface area (Å²) in [4.78, 5) is 0. The van der Waals surface area contributed by atoms with Gasteiger partial charge in [0.2, 0.25) is 0 Å². The van der Waals surface area contributed by atoms with Gasteiger partial charge < -0.3 is 5.11 Å². The third-order valence-corrected chi connectivity index (χ3v) is 4.81. The smallest absolute Gasteiger partial charge is 0.118 e. The lowest BCUT2D eigenvalue weighted by Gasteiger charge is -2.18. The quantitative estimate of drug-likeness (QED) is 0.407. The molecule has 135 valence electrons.